The summed E-state index contributed by atoms with van der Waals surface area (Å²) in [5.41, 5.74) is 9.70. The second-order valence-corrected chi connectivity index (χ2v) is 9.11. The Hall–Kier alpha value is -4.23. The Morgan fingerprint density at radius 2 is 1.55 bits per heavy atom. The minimum Gasteiger partial charge on any atom is -0.378 e. The lowest BCUT2D eigenvalue weighted by Crippen LogP contribution is -2.37. The zero-order valence-corrected chi connectivity index (χ0v) is 20.9. The molecule has 13 heteroatoms. The van der Waals surface area contributed by atoms with Crippen molar-refractivity contribution in [3.8, 4) is 11.3 Å². The average molecular weight is 520 g/mol. The lowest BCUT2D eigenvalue weighted by molar-refractivity contribution is 0.122. The number of hydroxylamine groups is 1. The molecule has 0 atom stereocenters. The van der Waals surface area contributed by atoms with Crippen molar-refractivity contribution < 1.29 is 19.1 Å². The highest BCUT2D eigenvalue weighted by molar-refractivity contribution is 5.86. The summed E-state index contributed by atoms with van der Waals surface area (Å²) < 4.78 is 10.9. The predicted molar refractivity (Wildman–Crippen MR) is 141 cm³/mol. The number of nitrogens with one attached hydrogen (secondary N) is 1. The number of rotatable bonds is 5. The second-order valence-electron chi connectivity index (χ2n) is 9.11. The van der Waals surface area contributed by atoms with Crippen LogP contribution in [0.25, 0.3) is 11.3 Å². The molecule has 0 bridgehead atoms. The molecule has 2 saturated heterocycles. The molecule has 0 radical (unpaired) electrons. The quantitative estimate of drug-likeness (QED) is 0.506. The number of hydrogen-bond acceptors (Lipinski definition) is 12. The highest BCUT2D eigenvalue weighted by atomic mass is 16.7. The first-order valence-corrected chi connectivity index (χ1v) is 12.6. The van der Waals surface area contributed by atoms with E-state index in [-0.39, 0.29) is 5.95 Å². The minimum absolute atomic E-state index is 0.187. The summed E-state index contributed by atoms with van der Waals surface area (Å²) in [7, 11) is 0. The number of nitrogens with zero attached hydrogens (tertiary/aromatic N) is 7. The summed E-state index contributed by atoms with van der Waals surface area (Å²) in [6, 6.07) is 7.69. The normalized spacial score (nSPS) is 17.3. The summed E-state index contributed by atoms with van der Waals surface area (Å²) in [5, 5.41) is 4.32. The Bertz CT molecular complexity index is 1280. The van der Waals surface area contributed by atoms with Gasteiger partial charge in [0, 0.05) is 61.1 Å². The highest BCUT2D eigenvalue weighted by Crippen LogP contribution is 2.35. The van der Waals surface area contributed by atoms with E-state index in [2.05, 4.69) is 25.1 Å². The third-order valence-corrected chi connectivity index (χ3v) is 6.70. The fourth-order valence-electron chi connectivity index (χ4n) is 4.73. The third kappa shape index (κ3) is 5.10. The van der Waals surface area contributed by atoms with Crippen LogP contribution in [0, 0.1) is 0 Å². The van der Waals surface area contributed by atoms with Gasteiger partial charge in [-0.2, -0.15) is 10.0 Å². The SMILES string of the molecule is Nc1ncc(-c2nc(N3CCOCC3)nc3c2CCN3OC(=O)Nc2ccc(N3CCOCC3)cc2)cn1. The van der Waals surface area contributed by atoms with E-state index in [1.807, 2.05) is 24.3 Å². The zero-order chi connectivity index (χ0) is 25.9. The number of hydrogen-bond donors (Lipinski definition) is 2. The topological polar surface area (TPSA) is 144 Å². The number of ether oxygens (including phenoxy) is 2. The van der Waals surface area contributed by atoms with Crippen molar-refractivity contribution >= 4 is 35.2 Å². The van der Waals surface area contributed by atoms with Crippen LogP contribution in [0.2, 0.25) is 0 Å². The Morgan fingerprint density at radius 3 is 2.24 bits per heavy atom. The van der Waals surface area contributed by atoms with Gasteiger partial charge in [0.1, 0.15) is 0 Å². The number of nitrogen functional groups attached to an aromatic ring is 1. The second kappa shape index (κ2) is 10.6. The van der Waals surface area contributed by atoms with E-state index in [1.165, 1.54) is 5.06 Å². The van der Waals surface area contributed by atoms with Gasteiger partial charge in [-0.05, 0) is 30.7 Å². The van der Waals surface area contributed by atoms with Gasteiger partial charge < -0.3 is 29.8 Å². The van der Waals surface area contributed by atoms with Crippen LogP contribution in [0.4, 0.5) is 33.9 Å². The van der Waals surface area contributed by atoms with Crippen LogP contribution in [0.1, 0.15) is 5.56 Å². The van der Waals surface area contributed by atoms with Gasteiger partial charge in [-0.1, -0.05) is 0 Å². The van der Waals surface area contributed by atoms with E-state index in [1.54, 1.807) is 12.4 Å². The van der Waals surface area contributed by atoms with Crippen molar-refractivity contribution in [2.24, 2.45) is 0 Å². The van der Waals surface area contributed by atoms with Crippen molar-refractivity contribution in [3.63, 3.8) is 0 Å². The smallest absolute Gasteiger partial charge is 0.378 e. The largest absolute Gasteiger partial charge is 0.436 e. The lowest BCUT2D eigenvalue weighted by atomic mass is 10.1. The van der Waals surface area contributed by atoms with Gasteiger partial charge in [-0.15, -0.1) is 0 Å². The Morgan fingerprint density at radius 1 is 0.895 bits per heavy atom. The third-order valence-electron chi connectivity index (χ3n) is 6.70. The minimum atomic E-state index is -0.596. The molecule has 1 amide bonds. The number of nitrogens with two attached hydrogens (primary N) is 1. The molecule has 3 aliphatic rings. The van der Waals surface area contributed by atoms with E-state index in [0.29, 0.717) is 75.6 Å². The summed E-state index contributed by atoms with van der Waals surface area (Å²) in [6.07, 6.45) is 3.29. The molecular formula is C25H29N9O4. The molecule has 0 aliphatic carbocycles. The maximum atomic E-state index is 12.8. The van der Waals surface area contributed by atoms with Crippen molar-refractivity contribution in [1.82, 2.24) is 19.9 Å². The molecule has 2 fully saturated rings. The molecule has 0 spiro atoms. The van der Waals surface area contributed by atoms with Crippen LogP contribution in [0.5, 0.6) is 0 Å². The molecule has 5 heterocycles. The molecular weight excluding hydrogens is 490 g/mol. The van der Waals surface area contributed by atoms with Crippen molar-refractivity contribution in [2.75, 3.05) is 85.1 Å². The van der Waals surface area contributed by atoms with Gasteiger partial charge in [-0.25, -0.2) is 19.7 Å². The first-order chi connectivity index (χ1) is 18.6. The van der Waals surface area contributed by atoms with Crippen LogP contribution < -0.4 is 25.9 Å². The zero-order valence-electron chi connectivity index (χ0n) is 20.9. The number of anilines is 5. The fourth-order valence-corrected chi connectivity index (χ4v) is 4.73. The molecule has 3 aromatic rings. The Labute approximate surface area is 219 Å². The van der Waals surface area contributed by atoms with E-state index in [9.17, 15) is 4.79 Å². The van der Waals surface area contributed by atoms with Gasteiger partial charge in [0.25, 0.3) is 0 Å². The first kappa shape index (κ1) is 24.1. The van der Waals surface area contributed by atoms with Gasteiger partial charge in [0.15, 0.2) is 5.82 Å². The van der Waals surface area contributed by atoms with Crippen LogP contribution >= 0.6 is 0 Å². The number of morpholine rings is 2. The van der Waals surface area contributed by atoms with Gasteiger partial charge in [0.05, 0.1) is 38.7 Å². The van der Waals surface area contributed by atoms with Gasteiger partial charge >= 0.3 is 6.09 Å². The monoisotopic (exact) mass is 519 g/mol. The average Bonchev–Trinajstić information content (AvgIpc) is 3.36. The fraction of sp³-hybridized carbons (Fsp3) is 0.400. The number of aromatic nitrogens is 4. The van der Waals surface area contributed by atoms with E-state index in [0.717, 1.165) is 29.9 Å². The highest BCUT2D eigenvalue weighted by Gasteiger charge is 2.31. The molecule has 38 heavy (non-hydrogen) atoms. The molecule has 6 rings (SSSR count). The van der Waals surface area contributed by atoms with Crippen molar-refractivity contribution in [1.29, 1.82) is 0 Å². The maximum absolute atomic E-state index is 12.8. The molecule has 0 saturated carbocycles. The lowest BCUT2D eigenvalue weighted by Gasteiger charge is -2.29. The molecule has 0 unspecified atom stereocenters. The molecule has 13 nitrogen and oxygen atoms in total. The Kier molecular flexibility index (Phi) is 6.75. The summed E-state index contributed by atoms with van der Waals surface area (Å²) in [6.45, 7) is 6.09. The standard InChI is InChI=1S/C25H29N9O4/c26-23-27-15-17(16-28-23)21-20-5-6-34(22(20)31-24(30-21)33-9-13-37-14-10-33)38-25(35)29-18-1-3-19(4-2-18)32-7-11-36-12-8-32/h1-4,15-16H,5-14H2,(H,29,35)(H2,26,27,28). The van der Waals surface area contributed by atoms with E-state index in [4.69, 9.17) is 30.0 Å². The van der Waals surface area contributed by atoms with Crippen molar-refractivity contribution in [2.45, 2.75) is 6.42 Å². The number of fused-ring (bicyclic) bond motifs is 1. The van der Waals surface area contributed by atoms with E-state index < -0.39 is 6.09 Å². The molecule has 1 aromatic carbocycles. The maximum Gasteiger partial charge on any atom is 0.436 e. The molecule has 3 N–H and O–H groups in total. The Balaban J connectivity index is 1.21. The van der Waals surface area contributed by atoms with Crippen LogP contribution in [-0.4, -0.2) is 85.2 Å². The summed E-state index contributed by atoms with van der Waals surface area (Å²) in [4.78, 5) is 40.7. The first-order valence-electron chi connectivity index (χ1n) is 12.6. The summed E-state index contributed by atoms with van der Waals surface area (Å²) in [5.74, 6) is 1.27. The van der Waals surface area contributed by atoms with Crippen LogP contribution in [0.15, 0.2) is 36.7 Å². The van der Waals surface area contributed by atoms with Gasteiger partial charge in [0.2, 0.25) is 11.9 Å². The number of amides is 1. The summed E-state index contributed by atoms with van der Waals surface area (Å²) >= 11 is 0. The number of carbonyl (C=O) groups is 1. The van der Waals surface area contributed by atoms with Crippen molar-refractivity contribution in [3.05, 3.63) is 42.2 Å². The molecule has 198 valence electrons. The molecule has 2 aromatic heterocycles. The molecule has 3 aliphatic heterocycles. The van der Waals surface area contributed by atoms with E-state index >= 15 is 0 Å². The van der Waals surface area contributed by atoms with Crippen LogP contribution in [-0.2, 0) is 20.7 Å². The number of benzene rings is 1. The predicted octanol–water partition coefficient (Wildman–Crippen LogP) is 1.72. The number of carbonyl (C=O) groups excluding carboxylic acids is 1. The van der Waals surface area contributed by atoms with Gasteiger partial charge in [-0.3, -0.25) is 5.32 Å². The van der Waals surface area contributed by atoms with Crippen LogP contribution in [0.3, 0.4) is 0 Å².